The molecule has 0 saturated heterocycles. The van der Waals surface area contributed by atoms with Gasteiger partial charge in [-0.1, -0.05) is 11.6 Å². The fraction of sp³-hybridized carbons (Fsp3) is 0.300. The molecule has 1 aromatic rings. The van der Waals surface area contributed by atoms with Gasteiger partial charge in [0, 0.05) is 0 Å². The van der Waals surface area contributed by atoms with Crippen molar-refractivity contribution < 1.29 is 18.3 Å². The molecule has 0 fully saturated rings. The lowest BCUT2D eigenvalue weighted by Crippen LogP contribution is -2.09. The van der Waals surface area contributed by atoms with Gasteiger partial charge in [-0.3, -0.25) is 0 Å². The van der Waals surface area contributed by atoms with Crippen LogP contribution in [-0.2, 0) is 4.74 Å². The van der Waals surface area contributed by atoms with Crippen LogP contribution in [0.4, 0.5) is 8.78 Å². The van der Waals surface area contributed by atoms with Gasteiger partial charge in [0.25, 0.3) is 6.43 Å². The zero-order valence-corrected chi connectivity index (χ0v) is 9.46. The van der Waals surface area contributed by atoms with E-state index in [0.29, 0.717) is 0 Å². The van der Waals surface area contributed by atoms with E-state index in [4.69, 9.17) is 16.9 Å². The third kappa shape index (κ3) is 2.88. The van der Waals surface area contributed by atoms with E-state index < -0.39 is 23.7 Å². The number of carbonyl (C=O) groups excluding carboxylic acids is 1. The standard InChI is InChI=1S/C10H7ClF2N2O2/c1-2-17-10(16)6-3-5(9(12)13)7(4-14)15-8(6)11/h3,9H,2H2,1H3. The molecule has 1 heterocycles. The van der Waals surface area contributed by atoms with Crippen LogP contribution in [0.2, 0.25) is 5.15 Å². The van der Waals surface area contributed by atoms with Crippen molar-refractivity contribution in [1.29, 1.82) is 5.26 Å². The Bertz CT molecular complexity index is 486. The van der Waals surface area contributed by atoms with Gasteiger partial charge in [-0.05, 0) is 13.0 Å². The summed E-state index contributed by atoms with van der Waals surface area (Å²) in [7, 11) is 0. The minimum absolute atomic E-state index is 0.0825. The average molecular weight is 261 g/mol. The van der Waals surface area contributed by atoms with Gasteiger partial charge in [0.15, 0.2) is 5.69 Å². The van der Waals surface area contributed by atoms with Crippen LogP contribution in [0.5, 0.6) is 0 Å². The van der Waals surface area contributed by atoms with E-state index in [9.17, 15) is 13.6 Å². The highest BCUT2D eigenvalue weighted by Crippen LogP contribution is 2.26. The van der Waals surface area contributed by atoms with E-state index in [2.05, 4.69) is 9.72 Å². The highest BCUT2D eigenvalue weighted by atomic mass is 35.5. The zero-order valence-electron chi connectivity index (χ0n) is 8.71. The molecule has 0 spiro atoms. The Morgan fingerprint density at radius 1 is 1.71 bits per heavy atom. The summed E-state index contributed by atoms with van der Waals surface area (Å²) in [4.78, 5) is 14.8. The Hall–Kier alpha value is -1.74. The van der Waals surface area contributed by atoms with Gasteiger partial charge in [-0.25, -0.2) is 18.6 Å². The topological polar surface area (TPSA) is 63.0 Å². The molecule has 0 aliphatic heterocycles. The highest BCUT2D eigenvalue weighted by molar-refractivity contribution is 6.32. The van der Waals surface area contributed by atoms with E-state index in [1.807, 2.05) is 0 Å². The van der Waals surface area contributed by atoms with Crippen LogP contribution in [0.15, 0.2) is 6.07 Å². The molecule has 0 unspecified atom stereocenters. The first kappa shape index (κ1) is 13.3. The number of hydrogen-bond donors (Lipinski definition) is 0. The number of ether oxygens (including phenoxy) is 1. The van der Waals surface area contributed by atoms with Crippen molar-refractivity contribution in [2.75, 3.05) is 6.61 Å². The van der Waals surface area contributed by atoms with Crippen molar-refractivity contribution >= 4 is 17.6 Å². The van der Waals surface area contributed by atoms with Crippen molar-refractivity contribution in [3.05, 3.63) is 28.0 Å². The molecule has 0 aliphatic rings. The van der Waals surface area contributed by atoms with E-state index in [1.54, 1.807) is 6.92 Å². The third-order valence-electron chi connectivity index (χ3n) is 1.84. The minimum atomic E-state index is -2.91. The maximum Gasteiger partial charge on any atom is 0.341 e. The second-order valence-corrected chi connectivity index (χ2v) is 3.26. The number of aromatic nitrogens is 1. The molecule has 1 rings (SSSR count). The van der Waals surface area contributed by atoms with Crippen LogP contribution < -0.4 is 0 Å². The number of esters is 1. The molecule has 1 aromatic heterocycles. The summed E-state index contributed by atoms with van der Waals surface area (Å²) >= 11 is 5.61. The Labute approximate surface area is 101 Å². The molecule has 0 atom stereocenters. The molecule has 0 amide bonds. The Balaban J connectivity index is 3.30. The smallest absolute Gasteiger partial charge is 0.341 e. The number of pyridine rings is 1. The predicted molar refractivity (Wildman–Crippen MR) is 54.9 cm³/mol. The number of rotatable bonds is 3. The molecule has 0 bridgehead atoms. The van der Waals surface area contributed by atoms with Crippen molar-refractivity contribution in [1.82, 2.24) is 4.98 Å². The molecule has 4 nitrogen and oxygen atoms in total. The van der Waals surface area contributed by atoms with Gasteiger partial charge in [0.05, 0.1) is 17.7 Å². The average Bonchev–Trinajstić information content (AvgIpc) is 2.28. The second-order valence-electron chi connectivity index (χ2n) is 2.90. The summed E-state index contributed by atoms with van der Waals surface area (Å²) in [5.74, 6) is -0.851. The van der Waals surface area contributed by atoms with E-state index >= 15 is 0 Å². The third-order valence-corrected chi connectivity index (χ3v) is 2.13. The first-order valence-corrected chi connectivity index (χ1v) is 4.94. The van der Waals surface area contributed by atoms with Gasteiger partial charge in [-0.2, -0.15) is 5.26 Å². The number of carbonyl (C=O) groups is 1. The molecular weight excluding hydrogens is 254 g/mol. The molecule has 0 aliphatic carbocycles. The molecule has 0 saturated carbocycles. The van der Waals surface area contributed by atoms with Gasteiger partial charge >= 0.3 is 5.97 Å². The highest BCUT2D eigenvalue weighted by Gasteiger charge is 2.21. The Kier molecular flexibility index (Phi) is 4.35. The zero-order chi connectivity index (χ0) is 13.0. The van der Waals surface area contributed by atoms with Crippen molar-refractivity contribution in [2.45, 2.75) is 13.3 Å². The number of hydrogen-bond acceptors (Lipinski definition) is 4. The van der Waals surface area contributed by atoms with E-state index in [1.165, 1.54) is 6.07 Å². The largest absolute Gasteiger partial charge is 0.462 e. The number of nitriles is 1. The normalized spacial score (nSPS) is 10.1. The summed E-state index contributed by atoms with van der Waals surface area (Å²) < 4.78 is 29.8. The maximum absolute atomic E-state index is 12.6. The van der Waals surface area contributed by atoms with Gasteiger partial charge in [0.1, 0.15) is 11.2 Å². The molecule has 90 valence electrons. The van der Waals surface area contributed by atoms with Gasteiger partial charge < -0.3 is 4.74 Å². The Morgan fingerprint density at radius 3 is 2.82 bits per heavy atom. The van der Waals surface area contributed by atoms with Gasteiger partial charge in [-0.15, -0.1) is 0 Å². The second kappa shape index (κ2) is 5.55. The predicted octanol–water partition coefficient (Wildman–Crippen LogP) is 2.72. The lowest BCUT2D eigenvalue weighted by atomic mass is 10.1. The molecule has 0 N–H and O–H groups in total. The quantitative estimate of drug-likeness (QED) is 0.619. The molecule has 17 heavy (non-hydrogen) atoms. The fourth-order valence-corrected chi connectivity index (χ4v) is 1.33. The van der Waals surface area contributed by atoms with Crippen LogP contribution in [0, 0.1) is 11.3 Å². The minimum Gasteiger partial charge on any atom is -0.462 e. The number of alkyl halides is 2. The first-order valence-electron chi connectivity index (χ1n) is 4.57. The number of nitrogens with zero attached hydrogens (tertiary/aromatic N) is 2. The summed E-state index contributed by atoms with van der Waals surface area (Å²) in [5, 5.41) is 8.27. The van der Waals surface area contributed by atoms with Crippen LogP contribution >= 0.6 is 11.6 Å². The van der Waals surface area contributed by atoms with E-state index in [0.717, 1.165) is 6.07 Å². The van der Waals surface area contributed by atoms with Crippen LogP contribution in [-0.4, -0.2) is 17.6 Å². The van der Waals surface area contributed by atoms with Crippen LogP contribution in [0.3, 0.4) is 0 Å². The summed E-state index contributed by atoms with van der Waals surface area (Å²) in [6.07, 6.45) is -2.91. The van der Waals surface area contributed by atoms with Crippen LogP contribution in [0.25, 0.3) is 0 Å². The molecule has 0 radical (unpaired) electrons. The summed E-state index contributed by atoms with van der Waals surface area (Å²) in [6, 6.07) is 2.32. The van der Waals surface area contributed by atoms with E-state index in [-0.39, 0.29) is 17.3 Å². The summed E-state index contributed by atoms with van der Waals surface area (Å²) in [5.41, 5.74) is -1.42. The van der Waals surface area contributed by atoms with Crippen molar-refractivity contribution in [3.8, 4) is 6.07 Å². The number of halogens is 3. The molecular formula is C10H7ClF2N2O2. The summed E-state index contributed by atoms with van der Waals surface area (Å²) in [6.45, 7) is 1.65. The maximum atomic E-state index is 12.6. The Morgan fingerprint density at radius 2 is 2.35 bits per heavy atom. The van der Waals surface area contributed by atoms with Crippen LogP contribution in [0.1, 0.15) is 35.0 Å². The first-order chi connectivity index (χ1) is 8.01. The van der Waals surface area contributed by atoms with Crippen molar-refractivity contribution in [3.63, 3.8) is 0 Å². The SMILES string of the molecule is CCOC(=O)c1cc(C(F)F)c(C#N)nc1Cl. The molecule has 0 aromatic carbocycles. The monoisotopic (exact) mass is 260 g/mol. The molecule has 7 heteroatoms. The van der Waals surface area contributed by atoms with Gasteiger partial charge in [0.2, 0.25) is 0 Å². The fourth-order valence-electron chi connectivity index (χ4n) is 1.11. The lowest BCUT2D eigenvalue weighted by molar-refractivity contribution is 0.0525. The van der Waals surface area contributed by atoms with Crippen molar-refractivity contribution in [2.24, 2.45) is 0 Å². The lowest BCUT2D eigenvalue weighted by Gasteiger charge is -2.07.